The number of para-hydroxylation sites is 1. The Hall–Kier alpha value is -2.08. The minimum absolute atomic E-state index is 0.127. The highest BCUT2D eigenvalue weighted by atomic mass is 35.5. The van der Waals surface area contributed by atoms with Crippen molar-refractivity contribution < 1.29 is 9.90 Å². The lowest BCUT2D eigenvalue weighted by molar-refractivity contribution is -0.0541. The molecule has 0 unspecified atom stereocenters. The standard InChI is InChI=1S/C25H30ClN3O2/c26-18-10-12-19(13-11-18)27-25(31)29-15-22-24(20-8-4-5-9-21(20)29)23(16-30)28(22)14-17-6-2-1-3-7-17/h4-5,8-13,17,22-24,30H,1-3,6-7,14-16H2,(H,27,31)/t22-,23+,24+/m0/s1. The summed E-state index contributed by atoms with van der Waals surface area (Å²) in [6, 6.07) is 15.6. The highest BCUT2D eigenvalue weighted by Crippen LogP contribution is 2.49. The number of benzene rings is 2. The first-order chi connectivity index (χ1) is 15.2. The SMILES string of the molecule is O=C(Nc1ccc(Cl)cc1)N1C[C@H]2[C@@H](c3ccccc31)[C@@H](CO)N2CC1CCCCC1. The summed E-state index contributed by atoms with van der Waals surface area (Å²) in [6.45, 7) is 1.84. The number of nitrogens with one attached hydrogen (secondary N) is 1. The molecule has 2 aromatic rings. The van der Waals surface area contributed by atoms with Gasteiger partial charge in [-0.15, -0.1) is 0 Å². The van der Waals surface area contributed by atoms with Crippen molar-refractivity contribution in [2.24, 2.45) is 5.92 Å². The van der Waals surface area contributed by atoms with Gasteiger partial charge in [0.05, 0.1) is 6.61 Å². The van der Waals surface area contributed by atoms with Gasteiger partial charge in [-0.05, 0) is 54.7 Å². The molecule has 1 aliphatic carbocycles. The van der Waals surface area contributed by atoms with Gasteiger partial charge in [0.15, 0.2) is 0 Å². The molecule has 0 bridgehead atoms. The zero-order chi connectivity index (χ0) is 21.4. The van der Waals surface area contributed by atoms with E-state index in [4.69, 9.17) is 11.6 Å². The van der Waals surface area contributed by atoms with Gasteiger partial charge in [-0.3, -0.25) is 9.80 Å². The highest BCUT2D eigenvalue weighted by molar-refractivity contribution is 6.30. The third-order valence-electron chi connectivity index (χ3n) is 7.36. The molecule has 2 N–H and O–H groups in total. The van der Waals surface area contributed by atoms with Crippen LogP contribution in [-0.4, -0.2) is 47.8 Å². The number of aliphatic hydroxyl groups is 1. The number of hydrogen-bond acceptors (Lipinski definition) is 3. The topological polar surface area (TPSA) is 55.8 Å². The van der Waals surface area contributed by atoms with Crippen molar-refractivity contribution in [2.75, 3.05) is 29.9 Å². The van der Waals surface area contributed by atoms with Crippen LogP contribution < -0.4 is 10.2 Å². The van der Waals surface area contributed by atoms with Gasteiger partial charge < -0.3 is 10.4 Å². The number of halogens is 1. The minimum atomic E-state index is -0.127. The summed E-state index contributed by atoms with van der Waals surface area (Å²) in [4.78, 5) is 17.6. The van der Waals surface area contributed by atoms with E-state index in [-0.39, 0.29) is 30.6 Å². The van der Waals surface area contributed by atoms with E-state index < -0.39 is 0 Å². The number of hydrogen-bond donors (Lipinski definition) is 2. The molecule has 0 radical (unpaired) electrons. The average molecular weight is 440 g/mol. The number of likely N-dealkylation sites (tertiary alicyclic amines) is 1. The Morgan fingerprint density at radius 3 is 2.55 bits per heavy atom. The maximum atomic E-state index is 13.3. The Kier molecular flexibility index (Phi) is 5.91. The molecule has 31 heavy (non-hydrogen) atoms. The summed E-state index contributed by atoms with van der Waals surface area (Å²) in [5, 5.41) is 13.9. The van der Waals surface area contributed by atoms with Crippen molar-refractivity contribution >= 4 is 29.0 Å². The third kappa shape index (κ3) is 3.95. The van der Waals surface area contributed by atoms with Crippen molar-refractivity contribution in [3.05, 3.63) is 59.1 Å². The number of carbonyl (C=O) groups excluding carboxylic acids is 1. The number of carbonyl (C=O) groups is 1. The fourth-order valence-electron chi connectivity index (χ4n) is 5.82. The lowest BCUT2D eigenvalue weighted by atomic mass is 9.71. The first-order valence-corrected chi connectivity index (χ1v) is 11.8. The molecule has 3 aliphatic rings. The molecule has 164 valence electrons. The van der Waals surface area contributed by atoms with Crippen LogP contribution in [0.4, 0.5) is 16.2 Å². The van der Waals surface area contributed by atoms with E-state index in [1.165, 1.54) is 37.7 Å². The van der Waals surface area contributed by atoms with Crippen LogP contribution in [0.15, 0.2) is 48.5 Å². The molecule has 2 aromatic carbocycles. The molecular formula is C25H30ClN3O2. The molecule has 1 saturated carbocycles. The average Bonchev–Trinajstić information content (AvgIpc) is 2.79. The van der Waals surface area contributed by atoms with Gasteiger partial charge >= 0.3 is 6.03 Å². The normalized spacial score (nSPS) is 26.0. The zero-order valence-corrected chi connectivity index (χ0v) is 18.5. The summed E-state index contributed by atoms with van der Waals surface area (Å²) in [7, 11) is 0. The minimum Gasteiger partial charge on any atom is -0.395 e. The van der Waals surface area contributed by atoms with Crippen LogP contribution in [-0.2, 0) is 0 Å². The van der Waals surface area contributed by atoms with Gasteiger partial charge in [0.25, 0.3) is 0 Å². The Labute approximate surface area is 189 Å². The van der Waals surface area contributed by atoms with Gasteiger partial charge in [-0.25, -0.2) is 4.79 Å². The highest BCUT2D eigenvalue weighted by Gasteiger charge is 2.53. The summed E-state index contributed by atoms with van der Waals surface area (Å²) >= 11 is 5.98. The lowest BCUT2D eigenvalue weighted by Crippen LogP contribution is -2.70. The predicted molar refractivity (Wildman–Crippen MR) is 125 cm³/mol. The Morgan fingerprint density at radius 2 is 1.81 bits per heavy atom. The quantitative estimate of drug-likeness (QED) is 0.696. The van der Waals surface area contributed by atoms with Gasteiger partial charge in [0, 0.05) is 47.5 Å². The van der Waals surface area contributed by atoms with E-state index >= 15 is 0 Å². The monoisotopic (exact) mass is 439 g/mol. The number of amides is 2. The third-order valence-corrected chi connectivity index (χ3v) is 7.61. The lowest BCUT2D eigenvalue weighted by Gasteiger charge is -2.59. The Morgan fingerprint density at radius 1 is 1.06 bits per heavy atom. The number of urea groups is 1. The molecule has 0 spiro atoms. The molecule has 6 heteroatoms. The number of rotatable bonds is 4. The molecule has 2 aliphatic heterocycles. The van der Waals surface area contributed by atoms with Gasteiger partial charge in [0.2, 0.25) is 0 Å². The summed E-state index contributed by atoms with van der Waals surface area (Å²) in [6.07, 6.45) is 6.54. The van der Waals surface area contributed by atoms with Crippen LogP contribution in [0.2, 0.25) is 5.02 Å². The van der Waals surface area contributed by atoms with Crippen molar-refractivity contribution in [2.45, 2.75) is 50.1 Å². The van der Waals surface area contributed by atoms with E-state index in [0.29, 0.717) is 17.5 Å². The van der Waals surface area contributed by atoms with Crippen LogP contribution in [0.3, 0.4) is 0 Å². The summed E-state index contributed by atoms with van der Waals surface area (Å²) in [5.74, 6) is 0.988. The largest absolute Gasteiger partial charge is 0.395 e. The van der Waals surface area contributed by atoms with E-state index in [1.807, 2.05) is 35.2 Å². The van der Waals surface area contributed by atoms with Crippen LogP contribution in [0.5, 0.6) is 0 Å². The van der Waals surface area contributed by atoms with Crippen molar-refractivity contribution in [1.82, 2.24) is 4.90 Å². The number of aliphatic hydroxyl groups excluding tert-OH is 1. The van der Waals surface area contributed by atoms with Crippen LogP contribution in [0.25, 0.3) is 0 Å². The predicted octanol–water partition coefficient (Wildman–Crippen LogP) is 5.10. The van der Waals surface area contributed by atoms with E-state index in [9.17, 15) is 9.90 Å². The van der Waals surface area contributed by atoms with Gasteiger partial charge in [-0.2, -0.15) is 0 Å². The Balaban J connectivity index is 1.39. The molecule has 2 amide bonds. The second-order valence-corrected chi connectivity index (χ2v) is 9.59. The molecule has 0 aromatic heterocycles. The maximum Gasteiger partial charge on any atom is 0.326 e. The summed E-state index contributed by atoms with van der Waals surface area (Å²) in [5.41, 5.74) is 2.85. The molecule has 5 nitrogen and oxygen atoms in total. The summed E-state index contributed by atoms with van der Waals surface area (Å²) < 4.78 is 0. The van der Waals surface area contributed by atoms with Crippen molar-refractivity contribution in [1.29, 1.82) is 0 Å². The molecule has 2 fully saturated rings. The Bertz CT molecular complexity index is 929. The van der Waals surface area contributed by atoms with Crippen LogP contribution in [0, 0.1) is 5.92 Å². The fraction of sp³-hybridized carbons (Fsp3) is 0.480. The molecule has 1 saturated heterocycles. The van der Waals surface area contributed by atoms with Crippen molar-refractivity contribution in [3.8, 4) is 0 Å². The van der Waals surface area contributed by atoms with Gasteiger partial charge in [0.1, 0.15) is 0 Å². The fourth-order valence-corrected chi connectivity index (χ4v) is 5.95. The zero-order valence-electron chi connectivity index (χ0n) is 17.7. The first kappa shape index (κ1) is 20.8. The van der Waals surface area contributed by atoms with Crippen LogP contribution in [0.1, 0.15) is 43.6 Å². The molecule has 2 heterocycles. The van der Waals surface area contributed by atoms with E-state index in [2.05, 4.69) is 16.3 Å². The second kappa shape index (κ2) is 8.81. The number of fused-ring (bicyclic) bond motifs is 3. The maximum absolute atomic E-state index is 13.3. The first-order valence-electron chi connectivity index (χ1n) is 11.5. The van der Waals surface area contributed by atoms with E-state index in [0.717, 1.165) is 17.9 Å². The van der Waals surface area contributed by atoms with Gasteiger partial charge in [-0.1, -0.05) is 49.1 Å². The number of anilines is 2. The number of nitrogens with zero attached hydrogens (tertiary/aromatic N) is 2. The van der Waals surface area contributed by atoms with Crippen LogP contribution >= 0.6 is 11.6 Å². The van der Waals surface area contributed by atoms with E-state index in [1.54, 1.807) is 12.1 Å². The second-order valence-electron chi connectivity index (χ2n) is 9.15. The molecule has 3 atom stereocenters. The molecular weight excluding hydrogens is 410 g/mol. The van der Waals surface area contributed by atoms with Crippen molar-refractivity contribution in [3.63, 3.8) is 0 Å². The molecule has 5 rings (SSSR count). The smallest absolute Gasteiger partial charge is 0.326 e.